The Morgan fingerprint density at radius 2 is 1.81 bits per heavy atom. The first-order chi connectivity index (χ1) is 12.7. The molecule has 6 heteroatoms. The van der Waals surface area contributed by atoms with Crippen LogP contribution in [0.2, 0.25) is 0 Å². The van der Waals surface area contributed by atoms with E-state index in [0.29, 0.717) is 6.54 Å². The van der Waals surface area contributed by atoms with Gasteiger partial charge in [0.1, 0.15) is 6.61 Å². The number of carbonyl (C=O) groups excluding carboxylic acids is 1. The van der Waals surface area contributed by atoms with Crippen LogP contribution in [-0.4, -0.2) is 41.9 Å². The summed E-state index contributed by atoms with van der Waals surface area (Å²) in [5.74, 6) is 0. The van der Waals surface area contributed by atoms with E-state index in [9.17, 15) is 4.79 Å². The van der Waals surface area contributed by atoms with Crippen molar-refractivity contribution in [3.05, 3.63) is 47.4 Å². The van der Waals surface area contributed by atoms with Crippen LogP contribution in [0, 0.1) is 0 Å². The van der Waals surface area contributed by atoms with Gasteiger partial charge in [-0.15, -0.1) is 0 Å². The minimum Gasteiger partial charge on any atom is -0.445 e. The minimum atomic E-state index is -0.426. The average Bonchev–Trinajstić information content (AvgIpc) is 2.87. The molecular weight excluding hydrogens is 341 g/mol. The molecule has 0 radical (unpaired) electrons. The van der Waals surface area contributed by atoms with Crippen molar-refractivity contribution in [2.24, 2.45) is 0 Å². The lowest BCUT2D eigenvalue weighted by Crippen LogP contribution is -2.48. The summed E-state index contributed by atoms with van der Waals surface area (Å²) in [5.41, 5.74) is 1.22. The van der Waals surface area contributed by atoms with Gasteiger partial charge in [-0.1, -0.05) is 43.3 Å². The van der Waals surface area contributed by atoms with Crippen LogP contribution in [0.3, 0.4) is 0 Å². The summed E-state index contributed by atoms with van der Waals surface area (Å²) in [6.07, 6.45) is 3.44. The van der Waals surface area contributed by atoms with Crippen LogP contribution in [0.5, 0.6) is 0 Å². The van der Waals surface area contributed by atoms with Gasteiger partial charge in [-0.25, -0.2) is 4.79 Å². The Labute approximate surface area is 162 Å². The van der Waals surface area contributed by atoms with Gasteiger partial charge in [-0.2, -0.15) is 0 Å². The molecule has 2 heterocycles. The molecule has 1 fully saturated rings. The van der Waals surface area contributed by atoms with Crippen LogP contribution < -0.4 is 0 Å². The molecule has 0 N–H and O–H groups in total. The Hall–Kier alpha value is -1.79. The van der Waals surface area contributed by atoms with Gasteiger partial charge in [-0.3, -0.25) is 0 Å². The van der Waals surface area contributed by atoms with E-state index < -0.39 is 18.3 Å². The lowest BCUT2D eigenvalue weighted by molar-refractivity contribution is 0.00578. The van der Waals surface area contributed by atoms with Crippen molar-refractivity contribution in [2.75, 3.05) is 6.54 Å². The SMILES string of the molecule is CCC1C(B2OC(C)(C)C(C)(C)O2)=CCCN1C(=O)OCc1ccccc1. The first-order valence-electron chi connectivity index (χ1n) is 9.78. The van der Waals surface area contributed by atoms with Crippen molar-refractivity contribution in [1.82, 2.24) is 4.90 Å². The molecule has 146 valence electrons. The molecule has 0 saturated carbocycles. The minimum absolute atomic E-state index is 0.0725. The maximum absolute atomic E-state index is 12.8. The van der Waals surface area contributed by atoms with E-state index in [1.165, 1.54) is 0 Å². The number of amides is 1. The smallest absolute Gasteiger partial charge is 0.445 e. The fourth-order valence-electron chi connectivity index (χ4n) is 3.55. The molecular formula is C21H30BNO4. The van der Waals surface area contributed by atoms with E-state index in [0.717, 1.165) is 23.9 Å². The summed E-state index contributed by atoms with van der Waals surface area (Å²) in [7, 11) is -0.426. The number of rotatable bonds is 4. The van der Waals surface area contributed by atoms with E-state index in [2.05, 4.69) is 13.0 Å². The molecule has 1 atom stereocenters. The monoisotopic (exact) mass is 371 g/mol. The second kappa shape index (κ2) is 7.68. The van der Waals surface area contributed by atoms with Crippen molar-refractivity contribution in [3.8, 4) is 0 Å². The Balaban J connectivity index is 1.70. The molecule has 27 heavy (non-hydrogen) atoms. The van der Waals surface area contributed by atoms with E-state index in [1.54, 1.807) is 0 Å². The maximum Gasteiger partial charge on any atom is 0.492 e. The number of benzene rings is 1. The fraction of sp³-hybridized carbons (Fsp3) is 0.571. The van der Waals surface area contributed by atoms with Gasteiger partial charge >= 0.3 is 13.2 Å². The average molecular weight is 371 g/mol. The highest BCUT2D eigenvalue weighted by atomic mass is 16.7. The lowest BCUT2D eigenvalue weighted by atomic mass is 9.70. The Kier molecular flexibility index (Phi) is 5.68. The third kappa shape index (κ3) is 4.07. The molecule has 5 nitrogen and oxygen atoms in total. The molecule has 1 aromatic carbocycles. The third-order valence-corrected chi connectivity index (χ3v) is 5.86. The second-order valence-corrected chi connectivity index (χ2v) is 8.24. The van der Waals surface area contributed by atoms with E-state index in [4.69, 9.17) is 14.0 Å². The lowest BCUT2D eigenvalue weighted by Gasteiger charge is -2.36. The third-order valence-electron chi connectivity index (χ3n) is 5.86. The van der Waals surface area contributed by atoms with Crippen molar-refractivity contribution in [2.45, 2.75) is 71.3 Å². The number of hydrogen-bond acceptors (Lipinski definition) is 4. The molecule has 0 spiro atoms. The van der Waals surface area contributed by atoms with Crippen LogP contribution in [-0.2, 0) is 20.7 Å². The fourth-order valence-corrected chi connectivity index (χ4v) is 3.55. The van der Waals surface area contributed by atoms with Crippen molar-refractivity contribution >= 4 is 13.2 Å². The van der Waals surface area contributed by atoms with E-state index >= 15 is 0 Å². The zero-order valence-electron chi connectivity index (χ0n) is 17.0. The Morgan fingerprint density at radius 1 is 1.19 bits per heavy atom. The summed E-state index contributed by atoms with van der Waals surface area (Å²) >= 11 is 0. The quantitative estimate of drug-likeness (QED) is 0.738. The largest absolute Gasteiger partial charge is 0.492 e. The molecule has 0 aromatic heterocycles. The molecule has 1 saturated heterocycles. The van der Waals surface area contributed by atoms with E-state index in [1.807, 2.05) is 62.9 Å². The van der Waals surface area contributed by atoms with Gasteiger partial charge in [-0.05, 0) is 51.6 Å². The number of hydrogen-bond donors (Lipinski definition) is 0. The summed E-state index contributed by atoms with van der Waals surface area (Å²) in [6.45, 7) is 11.2. The predicted molar refractivity (Wildman–Crippen MR) is 106 cm³/mol. The highest BCUT2D eigenvalue weighted by molar-refractivity contribution is 6.55. The highest BCUT2D eigenvalue weighted by Crippen LogP contribution is 2.40. The van der Waals surface area contributed by atoms with Crippen molar-refractivity contribution in [1.29, 1.82) is 0 Å². The maximum atomic E-state index is 12.8. The van der Waals surface area contributed by atoms with Gasteiger partial charge in [0.2, 0.25) is 0 Å². The van der Waals surface area contributed by atoms with Crippen molar-refractivity contribution in [3.63, 3.8) is 0 Å². The molecule has 2 aliphatic heterocycles. The van der Waals surface area contributed by atoms with Crippen LogP contribution >= 0.6 is 0 Å². The van der Waals surface area contributed by atoms with Crippen molar-refractivity contribution < 1.29 is 18.8 Å². The molecule has 2 aliphatic rings. The van der Waals surface area contributed by atoms with E-state index in [-0.39, 0.29) is 18.7 Å². The molecule has 0 aliphatic carbocycles. The van der Waals surface area contributed by atoms with Gasteiger partial charge in [0.25, 0.3) is 0 Å². The summed E-state index contributed by atoms with van der Waals surface area (Å²) in [6, 6.07) is 9.67. The predicted octanol–water partition coefficient (Wildman–Crippen LogP) is 4.37. The highest BCUT2D eigenvalue weighted by Gasteiger charge is 2.54. The first kappa shape index (κ1) is 20.0. The zero-order valence-corrected chi connectivity index (χ0v) is 17.0. The standard InChI is InChI=1S/C21H30BNO4/c1-6-18-17(22-26-20(2,3)21(4,5)27-22)13-10-14-23(18)19(24)25-15-16-11-8-7-9-12-16/h7-9,11-13,18H,6,10,14-15H2,1-5H3. The Bertz CT molecular complexity index is 685. The normalized spacial score (nSPS) is 23.9. The summed E-state index contributed by atoms with van der Waals surface area (Å²) < 4.78 is 18.0. The van der Waals surface area contributed by atoms with Crippen LogP contribution in [0.25, 0.3) is 0 Å². The number of ether oxygens (including phenoxy) is 1. The van der Waals surface area contributed by atoms with Gasteiger partial charge < -0.3 is 18.9 Å². The van der Waals surface area contributed by atoms with Gasteiger partial charge in [0.15, 0.2) is 0 Å². The first-order valence-corrected chi connectivity index (χ1v) is 9.78. The second-order valence-electron chi connectivity index (χ2n) is 8.24. The van der Waals surface area contributed by atoms with Gasteiger partial charge in [0.05, 0.1) is 17.2 Å². The number of nitrogens with zero attached hydrogens (tertiary/aromatic N) is 1. The molecule has 0 bridgehead atoms. The number of carbonyl (C=O) groups is 1. The zero-order chi connectivity index (χ0) is 19.7. The molecule has 3 rings (SSSR count). The Morgan fingerprint density at radius 3 is 2.41 bits per heavy atom. The molecule has 1 aromatic rings. The van der Waals surface area contributed by atoms with Crippen LogP contribution in [0.15, 0.2) is 41.9 Å². The van der Waals surface area contributed by atoms with Crippen LogP contribution in [0.4, 0.5) is 4.79 Å². The molecule has 1 amide bonds. The molecule has 1 unspecified atom stereocenters. The summed E-state index contributed by atoms with van der Waals surface area (Å²) in [5, 5.41) is 0. The van der Waals surface area contributed by atoms with Crippen LogP contribution in [0.1, 0.15) is 53.0 Å². The van der Waals surface area contributed by atoms with Gasteiger partial charge in [0, 0.05) is 6.54 Å². The topological polar surface area (TPSA) is 48.0 Å². The summed E-state index contributed by atoms with van der Waals surface area (Å²) in [4.78, 5) is 14.6.